The third kappa shape index (κ3) is 1.43. The van der Waals surface area contributed by atoms with Crippen LogP contribution in [0.2, 0.25) is 0 Å². The molecule has 0 saturated carbocycles. The van der Waals surface area contributed by atoms with E-state index in [4.69, 9.17) is 0 Å². The van der Waals surface area contributed by atoms with E-state index in [0.29, 0.717) is 5.95 Å². The highest BCUT2D eigenvalue weighted by Crippen LogP contribution is 2.00. The molecule has 0 aliphatic rings. The first-order valence-corrected chi connectivity index (χ1v) is 3.01. The van der Waals surface area contributed by atoms with Crippen LogP contribution in [-0.2, 0) is 0 Å². The van der Waals surface area contributed by atoms with E-state index in [0.717, 1.165) is 5.56 Å². The van der Waals surface area contributed by atoms with Gasteiger partial charge in [0.1, 0.15) is 0 Å². The number of aromatic nitrogens is 2. The van der Waals surface area contributed by atoms with Gasteiger partial charge in [0, 0.05) is 26.5 Å². The summed E-state index contributed by atoms with van der Waals surface area (Å²) in [6.45, 7) is 3.68. The molecule has 10 heavy (non-hydrogen) atoms. The van der Waals surface area contributed by atoms with Gasteiger partial charge in [0.2, 0.25) is 5.95 Å². The predicted molar refractivity (Wildman–Crippen MR) is 40.8 cm³/mol. The van der Waals surface area contributed by atoms with Gasteiger partial charge in [-0.15, -0.1) is 0 Å². The van der Waals surface area contributed by atoms with Crippen LogP contribution in [0.5, 0.6) is 0 Å². The van der Waals surface area contributed by atoms with Crippen molar-refractivity contribution in [2.75, 3.05) is 19.0 Å². The van der Waals surface area contributed by atoms with Crippen LogP contribution in [0.1, 0.15) is 5.56 Å². The summed E-state index contributed by atoms with van der Waals surface area (Å²) in [5, 5.41) is 0. The Balaban J connectivity index is 2.89. The number of hydrogen-bond acceptors (Lipinski definition) is 3. The summed E-state index contributed by atoms with van der Waals surface area (Å²) in [6, 6.07) is 0. The second kappa shape index (κ2) is 2.64. The van der Waals surface area contributed by atoms with Crippen molar-refractivity contribution in [1.29, 1.82) is 0 Å². The zero-order chi connectivity index (χ0) is 7.56. The molecule has 53 valence electrons. The molecule has 1 aromatic heterocycles. The maximum absolute atomic E-state index is 4.03. The zero-order valence-electron chi connectivity index (χ0n) is 6.20. The Kier molecular flexibility index (Phi) is 1.85. The van der Waals surface area contributed by atoms with Gasteiger partial charge in [-0.25, -0.2) is 9.97 Å². The Hall–Kier alpha value is -1.12. The molecule has 1 radical (unpaired) electrons. The van der Waals surface area contributed by atoms with Gasteiger partial charge in [-0.05, 0) is 12.5 Å². The van der Waals surface area contributed by atoms with Crippen LogP contribution in [0, 0.1) is 6.92 Å². The van der Waals surface area contributed by atoms with Crippen LogP contribution in [-0.4, -0.2) is 24.1 Å². The molecule has 0 fully saturated rings. The summed E-state index contributed by atoms with van der Waals surface area (Å²) in [7, 11) is 3.80. The molecule has 0 aliphatic heterocycles. The van der Waals surface area contributed by atoms with E-state index in [-0.39, 0.29) is 0 Å². The third-order valence-corrected chi connectivity index (χ3v) is 1.09. The lowest BCUT2D eigenvalue weighted by Gasteiger charge is -2.08. The van der Waals surface area contributed by atoms with Crippen molar-refractivity contribution >= 4 is 5.95 Å². The van der Waals surface area contributed by atoms with Gasteiger partial charge < -0.3 is 4.90 Å². The van der Waals surface area contributed by atoms with Crippen LogP contribution < -0.4 is 4.90 Å². The Morgan fingerprint density at radius 2 is 1.80 bits per heavy atom. The monoisotopic (exact) mass is 136 g/mol. The first kappa shape index (κ1) is 6.99. The van der Waals surface area contributed by atoms with E-state index < -0.39 is 0 Å². The quantitative estimate of drug-likeness (QED) is 0.569. The number of hydrogen-bond donors (Lipinski definition) is 0. The highest BCUT2D eigenvalue weighted by atomic mass is 15.2. The van der Waals surface area contributed by atoms with E-state index in [2.05, 4.69) is 16.9 Å². The molecule has 0 atom stereocenters. The van der Waals surface area contributed by atoms with Gasteiger partial charge in [0.05, 0.1) is 0 Å². The van der Waals surface area contributed by atoms with E-state index >= 15 is 0 Å². The largest absolute Gasteiger partial charge is 0.347 e. The van der Waals surface area contributed by atoms with E-state index in [1.807, 2.05) is 19.0 Å². The third-order valence-electron chi connectivity index (χ3n) is 1.09. The first-order valence-electron chi connectivity index (χ1n) is 3.01. The Morgan fingerprint density at radius 1 is 1.30 bits per heavy atom. The first-order chi connectivity index (χ1) is 4.70. The van der Waals surface area contributed by atoms with Gasteiger partial charge in [0.25, 0.3) is 0 Å². The molecule has 0 bridgehead atoms. The zero-order valence-corrected chi connectivity index (χ0v) is 6.20. The fourth-order valence-electron chi connectivity index (χ4n) is 0.579. The van der Waals surface area contributed by atoms with Crippen LogP contribution in [0.15, 0.2) is 12.4 Å². The molecule has 3 heteroatoms. The smallest absolute Gasteiger partial charge is 0.224 e. The van der Waals surface area contributed by atoms with Crippen molar-refractivity contribution in [2.45, 2.75) is 0 Å². The number of rotatable bonds is 1. The molecule has 0 aliphatic carbocycles. The Labute approximate surface area is 60.7 Å². The maximum atomic E-state index is 4.03. The topological polar surface area (TPSA) is 29.0 Å². The molecule has 1 rings (SSSR count). The van der Waals surface area contributed by atoms with E-state index in [9.17, 15) is 0 Å². The summed E-state index contributed by atoms with van der Waals surface area (Å²) < 4.78 is 0. The molecule has 0 saturated heterocycles. The van der Waals surface area contributed by atoms with Gasteiger partial charge in [-0.2, -0.15) is 0 Å². The van der Waals surface area contributed by atoms with Crippen LogP contribution in [0.4, 0.5) is 5.95 Å². The minimum atomic E-state index is 0.715. The van der Waals surface area contributed by atoms with Gasteiger partial charge in [-0.3, -0.25) is 0 Å². The van der Waals surface area contributed by atoms with Crippen molar-refractivity contribution in [2.24, 2.45) is 0 Å². The summed E-state index contributed by atoms with van der Waals surface area (Å²) >= 11 is 0. The molecule has 1 aromatic rings. The normalized spacial score (nSPS) is 9.50. The number of nitrogens with zero attached hydrogens (tertiary/aromatic N) is 3. The highest BCUT2D eigenvalue weighted by molar-refractivity contribution is 5.27. The average Bonchev–Trinajstić information content (AvgIpc) is 1.88. The van der Waals surface area contributed by atoms with Crippen molar-refractivity contribution in [1.82, 2.24) is 9.97 Å². The molecule has 3 nitrogen and oxygen atoms in total. The van der Waals surface area contributed by atoms with Crippen molar-refractivity contribution in [3.63, 3.8) is 0 Å². The summed E-state index contributed by atoms with van der Waals surface area (Å²) in [5.74, 6) is 0.715. The van der Waals surface area contributed by atoms with Gasteiger partial charge >= 0.3 is 0 Å². The van der Waals surface area contributed by atoms with Gasteiger partial charge in [0.15, 0.2) is 0 Å². The number of anilines is 1. The average molecular weight is 136 g/mol. The molecular weight excluding hydrogens is 126 g/mol. The molecule has 0 N–H and O–H groups in total. The van der Waals surface area contributed by atoms with Crippen molar-refractivity contribution in [3.05, 3.63) is 24.9 Å². The molecule has 0 amide bonds. The molecule has 0 unspecified atom stereocenters. The van der Waals surface area contributed by atoms with Crippen LogP contribution >= 0.6 is 0 Å². The SMILES string of the molecule is [CH2]c1cnc(N(C)C)nc1. The Bertz CT molecular complexity index is 203. The standard InChI is InChI=1S/C7H10N3/c1-6-4-8-7(9-5-6)10(2)3/h4-5H,1H2,2-3H3. The minimum Gasteiger partial charge on any atom is -0.347 e. The minimum absolute atomic E-state index is 0.715. The molecular formula is C7H10N3. The lowest BCUT2D eigenvalue weighted by Crippen LogP contribution is -2.12. The van der Waals surface area contributed by atoms with Crippen LogP contribution in [0.25, 0.3) is 0 Å². The van der Waals surface area contributed by atoms with Crippen molar-refractivity contribution < 1.29 is 0 Å². The Morgan fingerprint density at radius 3 is 2.20 bits per heavy atom. The summed E-state index contributed by atoms with van der Waals surface area (Å²) in [5.41, 5.74) is 0.839. The fourth-order valence-corrected chi connectivity index (χ4v) is 0.579. The second-order valence-corrected chi connectivity index (χ2v) is 2.29. The lowest BCUT2D eigenvalue weighted by atomic mass is 10.4. The van der Waals surface area contributed by atoms with Crippen LogP contribution in [0.3, 0.4) is 0 Å². The maximum Gasteiger partial charge on any atom is 0.224 e. The second-order valence-electron chi connectivity index (χ2n) is 2.29. The van der Waals surface area contributed by atoms with Gasteiger partial charge in [-0.1, -0.05) is 0 Å². The van der Waals surface area contributed by atoms with E-state index in [1.54, 1.807) is 12.4 Å². The van der Waals surface area contributed by atoms with Crippen molar-refractivity contribution in [3.8, 4) is 0 Å². The molecule has 0 spiro atoms. The summed E-state index contributed by atoms with van der Waals surface area (Å²) in [6.07, 6.45) is 3.39. The lowest BCUT2D eigenvalue weighted by molar-refractivity contribution is 0.994. The molecule has 1 heterocycles. The fraction of sp³-hybridized carbons (Fsp3) is 0.286. The highest BCUT2D eigenvalue weighted by Gasteiger charge is 1.94. The van der Waals surface area contributed by atoms with E-state index in [1.165, 1.54) is 0 Å². The predicted octanol–water partition coefficient (Wildman–Crippen LogP) is 0.725. The summed E-state index contributed by atoms with van der Waals surface area (Å²) in [4.78, 5) is 9.91. The molecule has 0 aromatic carbocycles.